The molecule has 0 atom stereocenters. The highest BCUT2D eigenvalue weighted by atomic mass is 19.4. The Bertz CT molecular complexity index is 498. The Morgan fingerprint density at radius 2 is 1.37 bits per heavy atom. The second-order valence-electron chi connectivity index (χ2n) is 3.80. The first-order chi connectivity index (χ1) is 8.97. The Morgan fingerprint density at radius 1 is 0.842 bits per heavy atom. The number of aromatic nitrogens is 1. The Kier molecular flexibility index (Phi) is 5.10. The van der Waals surface area contributed by atoms with Crippen LogP contribution in [0, 0.1) is 6.92 Å². The molecular weight excluding hydrogens is 251 g/mol. The molecule has 0 radical (unpaired) electrons. The van der Waals surface area contributed by atoms with E-state index in [2.05, 4.69) is 4.98 Å². The smallest absolute Gasteiger partial charge is 0.251 e. The van der Waals surface area contributed by atoms with Crippen LogP contribution >= 0.6 is 0 Å². The van der Waals surface area contributed by atoms with E-state index in [0.717, 1.165) is 17.2 Å². The van der Waals surface area contributed by atoms with Crippen LogP contribution in [-0.2, 0) is 6.18 Å². The van der Waals surface area contributed by atoms with E-state index in [1.165, 1.54) is 12.3 Å². The number of hydrogen-bond acceptors (Lipinski definition) is 1. The van der Waals surface area contributed by atoms with Gasteiger partial charge in [-0.25, -0.2) is 0 Å². The number of nitrogens with zero attached hydrogens (tertiary/aromatic N) is 1. The summed E-state index contributed by atoms with van der Waals surface area (Å²) in [6.45, 7) is 5.95. The van der Waals surface area contributed by atoms with Gasteiger partial charge < -0.3 is 0 Å². The Balaban J connectivity index is 0.000000861. The fourth-order valence-electron chi connectivity index (χ4n) is 1.48. The van der Waals surface area contributed by atoms with Gasteiger partial charge in [0.1, 0.15) is 5.69 Å². The van der Waals surface area contributed by atoms with E-state index in [1.807, 2.05) is 45.0 Å². The number of alkyl halides is 3. The van der Waals surface area contributed by atoms with Gasteiger partial charge in [-0.3, -0.25) is 4.98 Å². The predicted molar refractivity (Wildman–Crippen MR) is 70.8 cm³/mol. The molecule has 2 rings (SSSR count). The molecule has 0 fully saturated rings. The molecule has 4 heteroatoms. The summed E-state index contributed by atoms with van der Waals surface area (Å²) in [4.78, 5) is 3.42. The quantitative estimate of drug-likeness (QED) is 0.700. The van der Waals surface area contributed by atoms with Crippen molar-refractivity contribution < 1.29 is 13.2 Å². The molecule has 0 saturated heterocycles. The molecule has 0 saturated carbocycles. The maximum atomic E-state index is 12.3. The van der Waals surface area contributed by atoms with Gasteiger partial charge in [0.25, 0.3) is 0 Å². The topological polar surface area (TPSA) is 12.9 Å². The first kappa shape index (κ1) is 15.2. The minimum absolute atomic E-state index is 0.679. The molecule has 1 heterocycles. The van der Waals surface area contributed by atoms with Crippen molar-refractivity contribution in [2.75, 3.05) is 0 Å². The second-order valence-corrected chi connectivity index (χ2v) is 3.80. The minimum Gasteiger partial charge on any atom is -0.251 e. The van der Waals surface area contributed by atoms with Gasteiger partial charge in [0.2, 0.25) is 0 Å². The van der Waals surface area contributed by atoms with E-state index in [0.29, 0.717) is 5.56 Å². The third-order valence-corrected chi connectivity index (χ3v) is 2.44. The average Bonchev–Trinajstić information content (AvgIpc) is 2.41. The number of benzene rings is 1. The van der Waals surface area contributed by atoms with E-state index >= 15 is 0 Å². The second kappa shape index (κ2) is 6.36. The highest BCUT2D eigenvalue weighted by Crippen LogP contribution is 2.28. The van der Waals surface area contributed by atoms with Gasteiger partial charge in [0.05, 0.1) is 0 Å². The minimum atomic E-state index is -4.38. The molecule has 2 aromatic rings. The van der Waals surface area contributed by atoms with Gasteiger partial charge >= 0.3 is 6.18 Å². The highest BCUT2D eigenvalue weighted by molar-refractivity contribution is 5.62. The van der Waals surface area contributed by atoms with E-state index in [4.69, 9.17) is 0 Å². The van der Waals surface area contributed by atoms with Crippen molar-refractivity contribution in [3.63, 3.8) is 0 Å². The largest absolute Gasteiger partial charge is 0.433 e. The van der Waals surface area contributed by atoms with Crippen molar-refractivity contribution in [2.45, 2.75) is 26.9 Å². The van der Waals surface area contributed by atoms with E-state index < -0.39 is 11.9 Å². The predicted octanol–water partition coefficient (Wildman–Crippen LogP) is 5.10. The summed E-state index contributed by atoms with van der Waals surface area (Å²) >= 11 is 0. The molecule has 0 spiro atoms. The molecule has 0 amide bonds. The standard InChI is InChI=1S/C13H10F3N.C2H6/c1-9-2-4-10(5-3-9)11-6-7-12(17-8-11)13(14,15)16;1-2/h2-8H,1H3;1-2H3. The molecule has 1 aromatic carbocycles. The SMILES string of the molecule is CC.Cc1ccc(-c2ccc(C(F)(F)F)nc2)cc1. The number of pyridine rings is 1. The maximum absolute atomic E-state index is 12.3. The van der Waals surface area contributed by atoms with Gasteiger partial charge in [-0.15, -0.1) is 0 Å². The van der Waals surface area contributed by atoms with E-state index in [1.54, 1.807) is 0 Å². The van der Waals surface area contributed by atoms with Crippen LogP contribution in [0.1, 0.15) is 25.1 Å². The number of aryl methyl sites for hydroxylation is 1. The van der Waals surface area contributed by atoms with Crippen LogP contribution < -0.4 is 0 Å². The van der Waals surface area contributed by atoms with Gasteiger partial charge in [-0.2, -0.15) is 13.2 Å². The van der Waals surface area contributed by atoms with Crippen molar-refractivity contribution in [2.24, 2.45) is 0 Å². The summed E-state index contributed by atoms with van der Waals surface area (Å²) in [6, 6.07) is 9.97. The van der Waals surface area contributed by atoms with Crippen LogP contribution in [0.3, 0.4) is 0 Å². The average molecular weight is 267 g/mol. The lowest BCUT2D eigenvalue weighted by Gasteiger charge is -2.06. The van der Waals surface area contributed by atoms with Crippen molar-refractivity contribution in [3.8, 4) is 11.1 Å². The highest BCUT2D eigenvalue weighted by Gasteiger charge is 2.31. The Labute approximate surface area is 111 Å². The Morgan fingerprint density at radius 3 is 1.79 bits per heavy atom. The summed E-state index contributed by atoms with van der Waals surface area (Å²) in [5.41, 5.74) is 1.77. The third kappa shape index (κ3) is 4.09. The fourth-order valence-corrected chi connectivity index (χ4v) is 1.48. The molecule has 1 aromatic heterocycles. The summed E-state index contributed by atoms with van der Waals surface area (Å²) in [6.07, 6.45) is -3.14. The van der Waals surface area contributed by atoms with Crippen molar-refractivity contribution in [3.05, 3.63) is 53.9 Å². The molecule has 0 unspecified atom stereocenters. The van der Waals surface area contributed by atoms with Crippen LogP contribution in [0.5, 0.6) is 0 Å². The first-order valence-corrected chi connectivity index (χ1v) is 6.07. The van der Waals surface area contributed by atoms with E-state index in [9.17, 15) is 13.2 Å². The molecule has 1 nitrogen and oxygen atoms in total. The van der Waals surface area contributed by atoms with Crippen molar-refractivity contribution in [1.82, 2.24) is 4.98 Å². The van der Waals surface area contributed by atoms with Gasteiger partial charge in [-0.05, 0) is 18.6 Å². The van der Waals surface area contributed by atoms with Crippen LogP contribution in [0.2, 0.25) is 0 Å². The van der Waals surface area contributed by atoms with Crippen LogP contribution in [0.15, 0.2) is 42.6 Å². The summed E-state index contributed by atoms with van der Waals surface area (Å²) < 4.78 is 36.9. The van der Waals surface area contributed by atoms with Crippen molar-refractivity contribution in [1.29, 1.82) is 0 Å². The normalized spacial score (nSPS) is 10.6. The summed E-state index contributed by atoms with van der Waals surface area (Å²) in [7, 11) is 0. The molecule has 102 valence electrons. The van der Waals surface area contributed by atoms with Gasteiger partial charge in [0.15, 0.2) is 0 Å². The molecule has 0 aliphatic carbocycles. The lowest BCUT2D eigenvalue weighted by Crippen LogP contribution is -2.07. The number of rotatable bonds is 1. The molecule has 0 N–H and O–H groups in total. The zero-order valence-corrected chi connectivity index (χ0v) is 11.1. The molecule has 0 bridgehead atoms. The van der Waals surface area contributed by atoms with E-state index in [-0.39, 0.29) is 0 Å². The zero-order valence-electron chi connectivity index (χ0n) is 11.1. The van der Waals surface area contributed by atoms with Crippen molar-refractivity contribution >= 4 is 0 Å². The molecule has 0 aliphatic heterocycles. The lowest BCUT2D eigenvalue weighted by molar-refractivity contribution is -0.141. The van der Waals surface area contributed by atoms with Crippen LogP contribution in [0.4, 0.5) is 13.2 Å². The first-order valence-electron chi connectivity index (χ1n) is 6.07. The van der Waals surface area contributed by atoms with Gasteiger partial charge in [-0.1, -0.05) is 49.7 Å². The third-order valence-electron chi connectivity index (χ3n) is 2.44. The van der Waals surface area contributed by atoms with Crippen LogP contribution in [0.25, 0.3) is 11.1 Å². The monoisotopic (exact) mass is 267 g/mol. The summed E-state index contributed by atoms with van der Waals surface area (Å²) in [5, 5.41) is 0. The fraction of sp³-hybridized carbons (Fsp3) is 0.267. The molecule has 0 aliphatic rings. The summed E-state index contributed by atoms with van der Waals surface area (Å²) in [5.74, 6) is 0. The van der Waals surface area contributed by atoms with Gasteiger partial charge in [0, 0.05) is 11.8 Å². The number of halogens is 3. The Hall–Kier alpha value is -1.84. The van der Waals surface area contributed by atoms with Crippen LogP contribution in [-0.4, -0.2) is 4.98 Å². The number of hydrogen-bond donors (Lipinski definition) is 0. The lowest BCUT2D eigenvalue weighted by atomic mass is 10.1. The molecule has 19 heavy (non-hydrogen) atoms. The maximum Gasteiger partial charge on any atom is 0.433 e. The zero-order chi connectivity index (χ0) is 14.5. The molecular formula is C15H16F3N.